The minimum Gasteiger partial charge on any atom is -0.491 e. The number of nitrogens with zero attached hydrogens (tertiary/aromatic N) is 1. The summed E-state index contributed by atoms with van der Waals surface area (Å²) in [7, 11) is 0. The first kappa shape index (κ1) is 19.1. The fraction of sp³-hybridized carbons (Fsp3) is 0.320. The summed E-state index contributed by atoms with van der Waals surface area (Å²) < 4.78 is 18.1. The van der Waals surface area contributed by atoms with Crippen molar-refractivity contribution in [2.24, 2.45) is 0 Å². The molecule has 0 bridgehead atoms. The summed E-state index contributed by atoms with van der Waals surface area (Å²) in [6.07, 6.45) is 0.791. The van der Waals surface area contributed by atoms with Crippen LogP contribution in [0.2, 0.25) is 0 Å². The summed E-state index contributed by atoms with van der Waals surface area (Å²) >= 11 is 0. The van der Waals surface area contributed by atoms with Gasteiger partial charge in [-0.3, -0.25) is 4.79 Å². The van der Waals surface area contributed by atoms with Gasteiger partial charge < -0.3 is 19.1 Å². The van der Waals surface area contributed by atoms with Gasteiger partial charge in [0.1, 0.15) is 12.4 Å². The van der Waals surface area contributed by atoms with Crippen LogP contribution in [0.3, 0.4) is 0 Å². The first-order chi connectivity index (χ1) is 14.6. The van der Waals surface area contributed by atoms with Crippen LogP contribution in [0.5, 0.6) is 5.75 Å². The van der Waals surface area contributed by atoms with Crippen molar-refractivity contribution in [1.29, 1.82) is 0 Å². The molecule has 154 valence electrons. The zero-order valence-electron chi connectivity index (χ0n) is 17.3. The summed E-state index contributed by atoms with van der Waals surface area (Å²) in [6, 6.07) is 18.2. The fourth-order valence-corrected chi connectivity index (χ4v) is 4.56. The van der Waals surface area contributed by atoms with E-state index >= 15 is 0 Å². The molecule has 0 aromatic heterocycles. The van der Waals surface area contributed by atoms with Crippen molar-refractivity contribution in [2.75, 3.05) is 31.3 Å². The van der Waals surface area contributed by atoms with Crippen molar-refractivity contribution >= 4 is 22.4 Å². The minimum atomic E-state index is -1.32. The predicted octanol–water partition coefficient (Wildman–Crippen LogP) is 4.47. The lowest BCUT2D eigenvalue weighted by atomic mass is 10.00. The normalized spacial score (nSPS) is 17.5. The topological polar surface area (TPSA) is 48.0 Å². The third-order valence-electron chi connectivity index (χ3n) is 5.82. The third kappa shape index (κ3) is 2.97. The van der Waals surface area contributed by atoms with Crippen LogP contribution in [0.25, 0.3) is 10.8 Å². The second kappa shape index (κ2) is 7.42. The van der Waals surface area contributed by atoms with Crippen LogP contribution in [-0.4, -0.2) is 32.3 Å². The lowest BCUT2D eigenvalue weighted by Crippen LogP contribution is -2.48. The Balaban J connectivity index is 1.43. The number of anilines is 1. The number of carbonyl (C=O) groups excluding carboxylic acids is 1. The molecular weight excluding hydrogens is 378 g/mol. The SMILES string of the molecule is Cc1cc(C)c2c(c1)C1(OCCCO1)C(=O)N2CCOc1cccc2ccccc12. The Morgan fingerprint density at radius 2 is 1.80 bits per heavy atom. The molecule has 0 N–H and O–H groups in total. The average Bonchev–Trinajstić information content (AvgIpc) is 2.97. The van der Waals surface area contributed by atoms with Crippen LogP contribution in [0.15, 0.2) is 54.6 Å². The quantitative estimate of drug-likeness (QED) is 0.645. The Morgan fingerprint density at radius 3 is 2.63 bits per heavy atom. The van der Waals surface area contributed by atoms with Crippen LogP contribution in [0.4, 0.5) is 5.69 Å². The van der Waals surface area contributed by atoms with E-state index in [0.29, 0.717) is 26.4 Å². The maximum Gasteiger partial charge on any atom is 0.292 e. The Bertz CT molecular complexity index is 1110. The molecule has 2 aliphatic heterocycles. The summed E-state index contributed by atoms with van der Waals surface area (Å²) in [5, 5.41) is 2.20. The van der Waals surface area contributed by atoms with Gasteiger partial charge in [0, 0.05) is 10.9 Å². The highest BCUT2D eigenvalue weighted by molar-refractivity contribution is 6.07. The van der Waals surface area contributed by atoms with Gasteiger partial charge in [0.15, 0.2) is 0 Å². The van der Waals surface area contributed by atoms with Crippen LogP contribution in [0, 0.1) is 13.8 Å². The van der Waals surface area contributed by atoms with Crippen LogP contribution in [0.1, 0.15) is 23.1 Å². The van der Waals surface area contributed by atoms with Crippen molar-refractivity contribution in [3.8, 4) is 5.75 Å². The maximum absolute atomic E-state index is 13.5. The van der Waals surface area contributed by atoms with Crippen LogP contribution >= 0.6 is 0 Å². The van der Waals surface area contributed by atoms with E-state index in [0.717, 1.165) is 45.3 Å². The highest BCUT2D eigenvalue weighted by atomic mass is 16.7. The van der Waals surface area contributed by atoms with Crippen molar-refractivity contribution in [1.82, 2.24) is 0 Å². The molecule has 0 aliphatic carbocycles. The highest BCUT2D eigenvalue weighted by Gasteiger charge is 2.55. The Kier molecular flexibility index (Phi) is 4.72. The van der Waals surface area contributed by atoms with Crippen molar-refractivity contribution in [2.45, 2.75) is 26.1 Å². The van der Waals surface area contributed by atoms with E-state index in [2.05, 4.69) is 18.2 Å². The highest BCUT2D eigenvalue weighted by Crippen LogP contribution is 2.47. The first-order valence-electron chi connectivity index (χ1n) is 10.4. The zero-order chi connectivity index (χ0) is 20.7. The molecule has 1 spiro atoms. The first-order valence-corrected chi connectivity index (χ1v) is 10.4. The fourth-order valence-electron chi connectivity index (χ4n) is 4.56. The molecule has 2 aliphatic rings. The van der Waals surface area contributed by atoms with Gasteiger partial charge in [0.25, 0.3) is 11.7 Å². The number of carbonyl (C=O) groups is 1. The maximum atomic E-state index is 13.5. The Labute approximate surface area is 176 Å². The van der Waals surface area contributed by atoms with Crippen LogP contribution in [-0.2, 0) is 20.1 Å². The molecule has 3 aromatic carbocycles. The summed E-state index contributed by atoms with van der Waals surface area (Å²) in [5.74, 6) is -0.656. The molecule has 5 rings (SSSR count). The standard InChI is InChI=1S/C25H25NO4/c1-17-15-18(2)23-21(16-17)25(29-12-6-13-30-25)24(27)26(23)11-14-28-22-10-5-8-19-7-3-4-9-20(19)22/h3-5,7-10,15-16H,6,11-14H2,1-2H3. The molecule has 0 unspecified atom stereocenters. The van der Waals surface area contributed by atoms with Gasteiger partial charge in [0.2, 0.25) is 0 Å². The van der Waals surface area contributed by atoms with E-state index in [1.807, 2.05) is 50.2 Å². The number of amides is 1. The number of ether oxygens (including phenoxy) is 3. The predicted molar refractivity (Wildman–Crippen MR) is 116 cm³/mol. The monoisotopic (exact) mass is 403 g/mol. The summed E-state index contributed by atoms with van der Waals surface area (Å²) in [5.41, 5.74) is 3.83. The van der Waals surface area contributed by atoms with Gasteiger partial charge in [-0.15, -0.1) is 0 Å². The van der Waals surface area contributed by atoms with E-state index in [9.17, 15) is 4.79 Å². The van der Waals surface area contributed by atoms with Crippen molar-refractivity contribution in [3.63, 3.8) is 0 Å². The largest absolute Gasteiger partial charge is 0.491 e. The lowest BCUT2D eigenvalue weighted by molar-refractivity contribution is -0.256. The molecule has 5 nitrogen and oxygen atoms in total. The molecule has 5 heteroatoms. The second-order valence-electron chi connectivity index (χ2n) is 7.93. The second-order valence-corrected chi connectivity index (χ2v) is 7.93. The molecule has 1 amide bonds. The molecule has 2 heterocycles. The van der Waals surface area contributed by atoms with E-state index < -0.39 is 5.79 Å². The molecule has 30 heavy (non-hydrogen) atoms. The van der Waals surface area contributed by atoms with E-state index in [-0.39, 0.29) is 5.91 Å². The molecule has 0 atom stereocenters. The molecular formula is C25H25NO4. The number of rotatable bonds is 4. The third-order valence-corrected chi connectivity index (χ3v) is 5.82. The van der Waals surface area contributed by atoms with Crippen LogP contribution < -0.4 is 9.64 Å². The van der Waals surface area contributed by atoms with Crippen molar-refractivity contribution in [3.05, 3.63) is 71.3 Å². The number of hydrogen-bond acceptors (Lipinski definition) is 4. The van der Waals surface area contributed by atoms with E-state index in [1.54, 1.807) is 4.90 Å². The number of aryl methyl sites for hydroxylation is 2. The molecule has 1 saturated heterocycles. The smallest absolute Gasteiger partial charge is 0.292 e. The number of benzene rings is 3. The summed E-state index contributed by atoms with van der Waals surface area (Å²) in [4.78, 5) is 15.2. The molecule has 0 saturated carbocycles. The van der Waals surface area contributed by atoms with E-state index in [4.69, 9.17) is 14.2 Å². The Hall–Kier alpha value is -2.89. The molecule has 3 aromatic rings. The van der Waals surface area contributed by atoms with Crippen molar-refractivity contribution < 1.29 is 19.0 Å². The zero-order valence-corrected chi connectivity index (χ0v) is 17.3. The minimum absolute atomic E-state index is 0.160. The van der Waals surface area contributed by atoms with Gasteiger partial charge in [-0.2, -0.15) is 0 Å². The van der Waals surface area contributed by atoms with Gasteiger partial charge in [-0.1, -0.05) is 48.0 Å². The average molecular weight is 403 g/mol. The summed E-state index contributed by atoms with van der Waals surface area (Å²) in [6.45, 7) is 5.88. The molecule has 1 fully saturated rings. The molecule has 0 radical (unpaired) electrons. The van der Waals surface area contributed by atoms with Gasteiger partial charge in [-0.05, 0) is 43.4 Å². The number of hydrogen-bond donors (Lipinski definition) is 0. The Morgan fingerprint density at radius 1 is 1.03 bits per heavy atom. The van der Waals surface area contributed by atoms with Gasteiger partial charge in [-0.25, -0.2) is 0 Å². The number of fused-ring (bicyclic) bond motifs is 3. The van der Waals surface area contributed by atoms with Gasteiger partial charge >= 0.3 is 0 Å². The lowest BCUT2D eigenvalue weighted by Gasteiger charge is -2.32. The van der Waals surface area contributed by atoms with E-state index in [1.165, 1.54) is 0 Å². The van der Waals surface area contributed by atoms with Gasteiger partial charge in [0.05, 0.1) is 25.4 Å².